The van der Waals surface area contributed by atoms with Crippen molar-refractivity contribution in [2.45, 2.75) is 20.3 Å². The number of rotatable bonds is 2. The second-order valence-electron chi connectivity index (χ2n) is 3.54. The molecule has 0 saturated heterocycles. The smallest absolute Gasteiger partial charge is 0.231 e. The summed E-state index contributed by atoms with van der Waals surface area (Å²) in [6, 6.07) is 3.89. The molecule has 0 saturated carbocycles. The summed E-state index contributed by atoms with van der Waals surface area (Å²) in [7, 11) is 0. The molecule has 0 spiro atoms. The summed E-state index contributed by atoms with van der Waals surface area (Å²) in [6.07, 6.45) is 0.410. The van der Waals surface area contributed by atoms with Crippen molar-refractivity contribution in [1.29, 1.82) is 0 Å². The van der Waals surface area contributed by atoms with Crippen molar-refractivity contribution in [3.8, 4) is 11.5 Å². The van der Waals surface area contributed by atoms with Crippen LogP contribution in [0.4, 0.5) is 0 Å². The summed E-state index contributed by atoms with van der Waals surface area (Å²) in [5.74, 6) is 1.61. The maximum Gasteiger partial charge on any atom is 0.231 e. The summed E-state index contributed by atoms with van der Waals surface area (Å²) in [5, 5.41) is 0. The number of carbonyl (C=O) groups excluding carboxylic acids is 1. The van der Waals surface area contributed by atoms with Gasteiger partial charge in [0.25, 0.3) is 0 Å². The van der Waals surface area contributed by atoms with Gasteiger partial charge >= 0.3 is 0 Å². The molecule has 0 amide bonds. The molecule has 1 aliphatic rings. The number of fused-ring (bicyclic) bond motifs is 1. The minimum absolute atomic E-state index is 0.133. The van der Waals surface area contributed by atoms with E-state index < -0.39 is 0 Å². The van der Waals surface area contributed by atoms with E-state index in [0.29, 0.717) is 6.42 Å². The molecule has 0 fully saturated rings. The van der Waals surface area contributed by atoms with Crippen molar-refractivity contribution in [1.82, 2.24) is 0 Å². The topological polar surface area (TPSA) is 35.5 Å². The Bertz CT molecular complexity index is 382. The third-order valence-electron chi connectivity index (χ3n) is 2.13. The van der Waals surface area contributed by atoms with Crippen molar-refractivity contribution in [2.24, 2.45) is 0 Å². The molecule has 3 heteroatoms. The van der Waals surface area contributed by atoms with E-state index in [4.69, 9.17) is 9.47 Å². The van der Waals surface area contributed by atoms with Crippen LogP contribution in [0.25, 0.3) is 0 Å². The van der Waals surface area contributed by atoms with Gasteiger partial charge in [0.05, 0.1) is 0 Å². The summed E-state index contributed by atoms with van der Waals surface area (Å²) < 4.78 is 10.6. The molecule has 0 unspecified atom stereocenters. The zero-order valence-electron chi connectivity index (χ0n) is 8.29. The normalized spacial score (nSPS) is 13.0. The van der Waals surface area contributed by atoms with E-state index in [1.807, 2.05) is 19.1 Å². The van der Waals surface area contributed by atoms with Crippen LogP contribution in [0.2, 0.25) is 0 Å². The van der Waals surface area contributed by atoms with Gasteiger partial charge in [-0.05, 0) is 25.5 Å². The van der Waals surface area contributed by atoms with Crippen molar-refractivity contribution >= 4 is 5.78 Å². The molecular weight excluding hydrogens is 180 g/mol. The highest BCUT2D eigenvalue weighted by molar-refractivity contribution is 5.79. The van der Waals surface area contributed by atoms with Gasteiger partial charge in [-0.3, -0.25) is 4.79 Å². The molecule has 1 aromatic carbocycles. The van der Waals surface area contributed by atoms with Crippen LogP contribution < -0.4 is 9.47 Å². The molecular formula is C11H12O3. The van der Waals surface area contributed by atoms with Crippen molar-refractivity contribution in [2.75, 3.05) is 6.79 Å². The number of aryl methyl sites for hydroxylation is 1. The zero-order chi connectivity index (χ0) is 10.1. The van der Waals surface area contributed by atoms with Gasteiger partial charge in [-0.25, -0.2) is 0 Å². The van der Waals surface area contributed by atoms with Gasteiger partial charge < -0.3 is 9.47 Å². The summed E-state index contributed by atoms with van der Waals surface area (Å²) >= 11 is 0. The minimum Gasteiger partial charge on any atom is -0.454 e. The van der Waals surface area contributed by atoms with Crippen molar-refractivity contribution in [3.05, 3.63) is 23.3 Å². The SMILES string of the molecule is CC(=O)Cc1cc(C)cc2c1OCO2. The number of Topliss-reactive ketones (excluding diaryl/α,β-unsaturated/α-hetero) is 1. The van der Waals surface area contributed by atoms with Crippen LogP contribution in [-0.4, -0.2) is 12.6 Å². The molecule has 3 nitrogen and oxygen atoms in total. The highest BCUT2D eigenvalue weighted by Crippen LogP contribution is 2.36. The van der Waals surface area contributed by atoms with Crippen LogP contribution in [-0.2, 0) is 11.2 Å². The maximum absolute atomic E-state index is 11.0. The van der Waals surface area contributed by atoms with E-state index >= 15 is 0 Å². The third-order valence-corrected chi connectivity index (χ3v) is 2.13. The Balaban J connectivity index is 2.43. The van der Waals surface area contributed by atoms with Gasteiger partial charge in [-0.1, -0.05) is 6.07 Å². The molecule has 1 aliphatic heterocycles. The Hall–Kier alpha value is -1.51. The first-order valence-corrected chi connectivity index (χ1v) is 4.55. The Kier molecular flexibility index (Phi) is 2.15. The molecule has 2 rings (SSSR count). The molecule has 0 bridgehead atoms. The fourth-order valence-electron chi connectivity index (χ4n) is 1.64. The van der Waals surface area contributed by atoms with E-state index in [9.17, 15) is 4.79 Å². The van der Waals surface area contributed by atoms with Crippen LogP contribution in [0.15, 0.2) is 12.1 Å². The van der Waals surface area contributed by atoms with E-state index in [2.05, 4.69) is 0 Å². The summed E-state index contributed by atoms with van der Waals surface area (Å²) in [4.78, 5) is 11.0. The monoisotopic (exact) mass is 192 g/mol. The number of ether oxygens (including phenoxy) is 2. The van der Waals surface area contributed by atoms with Crippen LogP contribution >= 0.6 is 0 Å². The van der Waals surface area contributed by atoms with Gasteiger partial charge in [0.15, 0.2) is 11.5 Å². The molecule has 0 radical (unpaired) electrons. The first kappa shape index (κ1) is 9.06. The van der Waals surface area contributed by atoms with Gasteiger partial charge in [0, 0.05) is 12.0 Å². The molecule has 0 atom stereocenters. The van der Waals surface area contributed by atoms with Crippen molar-refractivity contribution in [3.63, 3.8) is 0 Å². The average Bonchev–Trinajstić information content (AvgIpc) is 2.50. The molecule has 0 N–H and O–H groups in total. The van der Waals surface area contributed by atoms with Gasteiger partial charge in [0.2, 0.25) is 6.79 Å². The van der Waals surface area contributed by atoms with E-state index in [1.165, 1.54) is 0 Å². The summed E-state index contributed by atoms with van der Waals surface area (Å²) in [5.41, 5.74) is 2.01. The lowest BCUT2D eigenvalue weighted by atomic mass is 10.0. The highest BCUT2D eigenvalue weighted by Gasteiger charge is 2.18. The molecule has 1 aromatic rings. The Morgan fingerprint density at radius 2 is 2.21 bits per heavy atom. The van der Waals surface area contributed by atoms with Crippen LogP contribution in [0.5, 0.6) is 11.5 Å². The standard InChI is InChI=1S/C11H12O3/c1-7-3-9(5-8(2)12)11-10(4-7)13-6-14-11/h3-4H,5-6H2,1-2H3. The summed E-state index contributed by atoms with van der Waals surface area (Å²) in [6.45, 7) is 3.81. The number of hydrogen-bond donors (Lipinski definition) is 0. The molecule has 74 valence electrons. The van der Waals surface area contributed by atoms with Crippen LogP contribution in [0.3, 0.4) is 0 Å². The molecule has 1 heterocycles. The fourth-order valence-corrected chi connectivity index (χ4v) is 1.64. The first-order valence-electron chi connectivity index (χ1n) is 4.55. The fraction of sp³-hybridized carbons (Fsp3) is 0.364. The minimum atomic E-state index is 0.133. The number of carbonyl (C=O) groups is 1. The Morgan fingerprint density at radius 3 is 2.93 bits per heavy atom. The van der Waals surface area contributed by atoms with Crippen LogP contribution in [0.1, 0.15) is 18.1 Å². The molecule has 0 aromatic heterocycles. The lowest BCUT2D eigenvalue weighted by molar-refractivity contribution is -0.116. The largest absolute Gasteiger partial charge is 0.454 e. The number of benzene rings is 1. The van der Waals surface area contributed by atoms with Gasteiger partial charge in [0.1, 0.15) is 5.78 Å². The molecule has 14 heavy (non-hydrogen) atoms. The number of hydrogen-bond acceptors (Lipinski definition) is 3. The Labute approximate surface area is 82.6 Å². The van der Waals surface area contributed by atoms with Gasteiger partial charge in [-0.15, -0.1) is 0 Å². The second-order valence-corrected chi connectivity index (χ2v) is 3.54. The predicted octanol–water partition coefficient (Wildman–Crippen LogP) is 1.86. The van der Waals surface area contributed by atoms with E-state index in [-0.39, 0.29) is 12.6 Å². The number of ketones is 1. The van der Waals surface area contributed by atoms with E-state index in [0.717, 1.165) is 22.6 Å². The zero-order valence-corrected chi connectivity index (χ0v) is 8.29. The second kappa shape index (κ2) is 3.33. The average molecular weight is 192 g/mol. The van der Waals surface area contributed by atoms with Crippen molar-refractivity contribution < 1.29 is 14.3 Å². The quantitative estimate of drug-likeness (QED) is 0.717. The van der Waals surface area contributed by atoms with Crippen LogP contribution in [0, 0.1) is 6.92 Å². The lowest BCUT2D eigenvalue weighted by Gasteiger charge is -2.05. The highest BCUT2D eigenvalue weighted by atomic mass is 16.7. The van der Waals surface area contributed by atoms with Gasteiger partial charge in [-0.2, -0.15) is 0 Å². The lowest BCUT2D eigenvalue weighted by Crippen LogP contribution is -1.99. The first-order chi connectivity index (χ1) is 6.66. The van der Waals surface area contributed by atoms with E-state index in [1.54, 1.807) is 6.92 Å². The maximum atomic E-state index is 11.0. The third kappa shape index (κ3) is 1.58. The molecule has 0 aliphatic carbocycles. The Morgan fingerprint density at radius 1 is 1.43 bits per heavy atom. The predicted molar refractivity (Wildman–Crippen MR) is 51.7 cm³/mol.